The van der Waals surface area contributed by atoms with Gasteiger partial charge in [0, 0.05) is 81.0 Å². The average Bonchev–Trinajstić information content (AvgIpc) is 3.65. The molecule has 3 aromatic heterocycles. The van der Waals surface area contributed by atoms with Gasteiger partial charge >= 0.3 is 0 Å². The first-order chi connectivity index (χ1) is 28.4. The van der Waals surface area contributed by atoms with Crippen molar-refractivity contribution in [1.82, 2.24) is 29.2 Å². The Kier molecular flexibility index (Phi) is 10.3. The molecule has 2 saturated heterocycles. The van der Waals surface area contributed by atoms with Crippen molar-refractivity contribution in [2.45, 2.75) is 24.9 Å². The van der Waals surface area contributed by atoms with E-state index in [1.165, 1.54) is 6.07 Å². The number of benzene rings is 3. The number of carbonyl (C=O) groups excluding carboxylic acids is 1. The molecule has 3 aliphatic heterocycles. The summed E-state index contributed by atoms with van der Waals surface area (Å²) in [6.45, 7) is 5.44. The fourth-order valence-corrected chi connectivity index (χ4v) is 8.37. The largest absolute Gasteiger partial charge is 0.494 e. The second-order valence-corrected chi connectivity index (χ2v) is 14.7. The number of piperazine rings is 1. The van der Waals surface area contributed by atoms with Gasteiger partial charge in [-0.05, 0) is 55.3 Å². The molecule has 15 heteroatoms. The van der Waals surface area contributed by atoms with Gasteiger partial charge < -0.3 is 25.0 Å². The SMILES string of the molecule is COc1cc2c(cc1Nc1nccc(-c3c(-c4cccc(C(=O)Nc5c(F)cccc5F)c4)nc4ccccn34)n1)OCC1CC(N3CCN(CCF)CC3)CCN21. The third-order valence-electron chi connectivity index (χ3n) is 11.3. The number of carbonyl (C=O) groups is 1. The maximum absolute atomic E-state index is 14.4. The number of pyridine rings is 1. The number of methoxy groups -OCH3 is 1. The van der Waals surface area contributed by atoms with E-state index in [1.807, 2.05) is 47.0 Å². The number of alkyl halides is 1. The Labute approximate surface area is 333 Å². The Morgan fingerprint density at radius 3 is 2.57 bits per heavy atom. The molecule has 6 heterocycles. The number of nitrogens with one attached hydrogen (secondary N) is 2. The van der Waals surface area contributed by atoms with Gasteiger partial charge in [0.2, 0.25) is 5.95 Å². The molecule has 2 unspecified atom stereocenters. The van der Waals surface area contributed by atoms with Gasteiger partial charge in [-0.25, -0.2) is 28.1 Å². The molecule has 2 atom stereocenters. The van der Waals surface area contributed by atoms with E-state index < -0.39 is 23.2 Å². The van der Waals surface area contributed by atoms with E-state index in [-0.39, 0.29) is 18.3 Å². The number of ether oxygens (including phenoxy) is 2. The van der Waals surface area contributed by atoms with Crippen molar-refractivity contribution in [3.8, 4) is 34.1 Å². The molecule has 3 aromatic carbocycles. The number of halogens is 3. The number of fused-ring (bicyclic) bond motifs is 4. The quantitative estimate of drug-likeness (QED) is 0.150. The number of hydrogen-bond acceptors (Lipinski definition) is 10. The van der Waals surface area contributed by atoms with Crippen molar-refractivity contribution < 1.29 is 27.4 Å². The van der Waals surface area contributed by atoms with Crippen LogP contribution in [0.5, 0.6) is 11.5 Å². The normalized spacial score (nSPS) is 18.3. The number of para-hydroxylation sites is 1. The van der Waals surface area contributed by atoms with Crippen LogP contribution in [-0.2, 0) is 0 Å². The molecule has 12 nitrogen and oxygen atoms in total. The van der Waals surface area contributed by atoms with E-state index >= 15 is 0 Å². The topological polar surface area (TPSA) is 112 Å². The summed E-state index contributed by atoms with van der Waals surface area (Å²) in [6.07, 6.45) is 5.57. The smallest absolute Gasteiger partial charge is 0.255 e. The van der Waals surface area contributed by atoms with Crippen LogP contribution in [0.2, 0.25) is 0 Å². The summed E-state index contributed by atoms with van der Waals surface area (Å²) in [5.74, 6) is -0.738. The minimum absolute atomic E-state index is 0.190. The zero-order valence-electron chi connectivity index (χ0n) is 31.9. The molecule has 2 N–H and O–H groups in total. The van der Waals surface area contributed by atoms with Gasteiger partial charge in [0.05, 0.1) is 41.6 Å². The lowest BCUT2D eigenvalue weighted by Gasteiger charge is -2.48. The lowest BCUT2D eigenvalue weighted by Crippen LogP contribution is -2.57. The number of aromatic nitrogens is 4. The van der Waals surface area contributed by atoms with Crippen LogP contribution in [0.15, 0.2) is 91.3 Å². The second kappa shape index (κ2) is 16.0. The van der Waals surface area contributed by atoms with Crippen molar-refractivity contribution in [3.05, 3.63) is 108 Å². The highest BCUT2D eigenvalue weighted by Crippen LogP contribution is 2.44. The molecule has 3 aliphatic rings. The molecule has 58 heavy (non-hydrogen) atoms. The highest BCUT2D eigenvalue weighted by Gasteiger charge is 2.37. The summed E-state index contributed by atoms with van der Waals surface area (Å²) in [7, 11) is 1.63. The van der Waals surface area contributed by atoms with E-state index in [0.29, 0.717) is 64.9 Å². The lowest BCUT2D eigenvalue weighted by atomic mass is 9.93. The van der Waals surface area contributed by atoms with Crippen LogP contribution in [-0.4, -0.2) is 107 Å². The molecule has 2 fully saturated rings. The minimum Gasteiger partial charge on any atom is -0.494 e. The highest BCUT2D eigenvalue weighted by atomic mass is 19.1. The first kappa shape index (κ1) is 37.4. The van der Waals surface area contributed by atoms with Crippen LogP contribution in [0.3, 0.4) is 0 Å². The third-order valence-corrected chi connectivity index (χ3v) is 11.3. The number of anilines is 4. The summed E-state index contributed by atoms with van der Waals surface area (Å²) in [4.78, 5) is 34.8. The molecule has 9 rings (SSSR count). The summed E-state index contributed by atoms with van der Waals surface area (Å²) >= 11 is 0. The number of imidazole rings is 1. The molecule has 0 radical (unpaired) electrons. The zero-order valence-corrected chi connectivity index (χ0v) is 31.9. The predicted molar refractivity (Wildman–Crippen MR) is 216 cm³/mol. The Hall–Kier alpha value is -6.19. The number of hydrogen-bond donors (Lipinski definition) is 2. The van der Waals surface area contributed by atoms with E-state index in [9.17, 15) is 18.0 Å². The van der Waals surface area contributed by atoms with Crippen molar-refractivity contribution in [1.29, 1.82) is 0 Å². The number of amides is 1. The van der Waals surface area contributed by atoms with Gasteiger partial charge in [-0.15, -0.1) is 0 Å². The van der Waals surface area contributed by atoms with Crippen LogP contribution < -0.4 is 25.0 Å². The fourth-order valence-electron chi connectivity index (χ4n) is 8.37. The molecule has 1 amide bonds. The van der Waals surface area contributed by atoms with Crippen molar-refractivity contribution >= 4 is 34.6 Å². The van der Waals surface area contributed by atoms with Crippen molar-refractivity contribution in [2.75, 3.05) is 75.2 Å². The van der Waals surface area contributed by atoms with Crippen LogP contribution >= 0.6 is 0 Å². The molecular weight excluding hydrogens is 748 g/mol. The molecule has 0 bridgehead atoms. The van der Waals surface area contributed by atoms with Crippen molar-refractivity contribution in [2.24, 2.45) is 0 Å². The van der Waals surface area contributed by atoms with E-state index in [0.717, 1.165) is 69.1 Å². The first-order valence-electron chi connectivity index (χ1n) is 19.4. The van der Waals surface area contributed by atoms with E-state index in [2.05, 4.69) is 30.3 Å². The van der Waals surface area contributed by atoms with Crippen LogP contribution in [0, 0.1) is 11.6 Å². The van der Waals surface area contributed by atoms with Crippen LogP contribution in [0.4, 0.5) is 36.2 Å². The molecule has 6 aromatic rings. The summed E-state index contributed by atoms with van der Waals surface area (Å²) in [5.41, 5.74) is 4.29. The monoisotopic (exact) mass is 789 g/mol. The van der Waals surface area contributed by atoms with Gasteiger partial charge in [0.1, 0.15) is 47.7 Å². The predicted octanol–water partition coefficient (Wildman–Crippen LogP) is 7.06. The molecule has 0 saturated carbocycles. The number of piperidine rings is 1. The highest BCUT2D eigenvalue weighted by molar-refractivity contribution is 6.05. The summed E-state index contributed by atoms with van der Waals surface area (Å²) in [5, 5.41) is 5.71. The molecule has 298 valence electrons. The standard InChI is InChI=1S/C43H42F3N9O3/c1-57-36-25-35-37(58-26-30-23-29(12-16-54(30)35)53-20-18-52(17-13-44)19-21-53)24-34(36)49-43-47-14-11-33(48-43)41-39(50-38-10-2-3-15-55(38)41)27-6-4-7-28(22-27)42(56)51-40-31(45)8-5-9-32(40)46/h2-11,14-15,22,24-25,29-30H,12-13,16-21,23,26H2,1H3,(H,51,56)(H,47,48,49). The average molecular weight is 790 g/mol. The fraction of sp³-hybridized carbons (Fsp3) is 0.302. The second-order valence-electron chi connectivity index (χ2n) is 14.7. The van der Waals surface area contributed by atoms with Gasteiger partial charge in [-0.1, -0.05) is 24.3 Å². The number of nitrogens with zero attached hydrogens (tertiary/aromatic N) is 7. The van der Waals surface area contributed by atoms with Crippen LogP contribution in [0.25, 0.3) is 28.3 Å². The Bertz CT molecular complexity index is 2450. The van der Waals surface area contributed by atoms with Gasteiger partial charge in [0.15, 0.2) is 0 Å². The van der Waals surface area contributed by atoms with E-state index in [4.69, 9.17) is 19.4 Å². The Morgan fingerprint density at radius 2 is 1.76 bits per heavy atom. The molecular formula is C43H42F3N9O3. The first-order valence-corrected chi connectivity index (χ1v) is 19.4. The minimum atomic E-state index is -0.872. The summed E-state index contributed by atoms with van der Waals surface area (Å²) in [6, 6.07) is 22.2. The molecule has 0 aliphatic carbocycles. The van der Waals surface area contributed by atoms with E-state index in [1.54, 1.807) is 37.6 Å². The van der Waals surface area contributed by atoms with Gasteiger partial charge in [0.25, 0.3) is 5.91 Å². The lowest BCUT2D eigenvalue weighted by molar-refractivity contribution is 0.0692. The van der Waals surface area contributed by atoms with Crippen LogP contribution in [0.1, 0.15) is 23.2 Å². The summed E-state index contributed by atoms with van der Waals surface area (Å²) < 4.78 is 55.8. The van der Waals surface area contributed by atoms with Crippen molar-refractivity contribution in [3.63, 3.8) is 0 Å². The maximum Gasteiger partial charge on any atom is 0.255 e. The van der Waals surface area contributed by atoms with Gasteiger partial charge in [-0.3, -0.25) is 19.0 Å². The molecule has 0 spiro atoms. The zero-order chi connectivity index (χ0) is 39.8. The third kappa shape index (κ3) is 7.26. The Balaban J connectivity index is 0.966. The maximum atomic E-state index is 14.4. The number of rotatable bonds is 10. The van der Waals surface area contributed by atoms with Gasteiger partial charge in [-0.2, -0.15) is 0 Å². The Morgan fingerprint density at radius 1 is 0.931 bits per heavy atom.